The van der Waals surface area contributed by atoms with Gasteiger partial charge in [-0.3, -0.25) is 4.90 Å². The van der Waals surface area contributed by atoms with Crippen LogP contribution in [-0.2, 0) is 6.54 Å². The molecule has 0 spiro atoms. The van der Waals surface area contributed by atoms with Crippen molar-refractivity contribution in [1.29, 1.82) is 0 Å². The Morgan fingerprint density at radius 2 is 1.74 bits per heavy atom. The summed E-state index contributed by atoms with van der Waals surface area (Å²) in [5.41, 5.74) is 1.16. The van der Waals surface area contributed by atoms with Crippen LogP contribution in [0, 0.1) is 5.92 Å². The van der Waals surface area contributed by atoms with Gasteiger partial charge in [0.1, 0.15) is 0 Å². The van der Waals surface area contributed by atoms with Crippen LogP contribution in [0.2, 0.25) is 0 Å². The van der Waals surface area contributed by atoms with Crippen LogP contribution < -0.4 is 0 Å². The maximum absolute atomic E-state index is 12.4. The van der Waals surface area contributed by atoms with Gasteiger partial charge in [0.25, 0.3) is 0 Å². The Balaban J connectivity index is 1.83. The minimum Gasteiger partial charge on any atom is -0.383 e. The molecule has 1 aromatic rings. The molecular formula is C14H18F3NO. The van der Waals surface area contributed by atoms with Crippen molar-refractivity contribution in [2.45, 2.75) is 31.7 Å². The van der Waals surface area contributed by atoms with Gasteiger partial charge in [0.15, 0.2) is 6.10 Å². The van der Waals surface area contributed by atoms with Crippen LogP contribution in [0.4, 0.5) is 13.2 Å². The predicted octanol–water partition coefficient (Wildman–Crippen LogP) is 2.82. The highest BCUT2D eigenvalue weighted by Crippen LogP contribution is 2.31. The van der Waals surface area contributed by atoms with Gasteiger partial charge in [0, 0.05) is 6.54 Å². The van der Waals surface area contributed by atoms with Gasteiger partial charge in [-0.2, -0.15) is 13.2 Å². The van der Waals surface area contributed by atoms with Gasteiger partial charge in [-0.1, -0.05) is 30.3 Å². The SMILES string of the molecule is O[C@H](C1CCN(Cc2ccccc2)CC1)C(F)(F)F. The fraction of sp³-hybridized carbons (Fsp3) is 0.571. The molecule has 0 aromatic heterocycles. The van der Waals surface area contributed by atoms with Crippen LogP contribution in [0.1, 0.15) is 18.4 Å². The highest BCUT2D eigenvalue weighted by molar-refractivity contribution is 5.14. The van der Waals surface area contributed by atoms with E-state index >= 15 is 0 Å². The first-order valence-corrected chi connectivity index (χ1v) is 6.48. The number of benzene rings is 1. The summed E-state index contributed by atoms with van der Waals surface area (Å²) in [6, 6.07) is 9.87. The molecule has 2 nitrogen and oxygen atoms in total. The number of aliphatic hydroxyl groups is 1. The molecule has 0 unspecified atom stereocenters. The molecule has 0 saturated carbocycles. The van der Waals surface area contributed by atoms with Crippen LogP contribution in [0.15, 0.2) is 30.3 Å². The number of rotatable bonds is 3. The number of likely N-dealkylation sites (tertiary alicyclic amines) is 1. The van der Waals surface area contributed by atoms with Crippen LogP contribution in [-0.4, -0.2) is 35.4 Å². The smallest absolute Gasteiger partial charge is 0.383 e. The number of piperidine rings is 1. The summed E-state index contributed by atoms with van der Waals surface area (Å²) in [6.07, 6.45) is -5.88. The Labute approximate surface area is 110 Å². The zero-order chi connectivity index (χ0) is 13.9. The third-order valence-corrected chi connectivity index (χ3v) is 3.66. The number of nitrogens with zero attached hydrogens (tertiary/aromatic N) is 1. The van der Waals surface area contributed by atoms with Crippen molar-refractivity contribution >= 4 is 0 Å². The third kappa shape index (κ3) is 3.94. The van der Waals surface area contributed by atoms with Crippen molar-refractivity contribution < 1.29 is 18.3 Å². The van der Waals surface area contributed by atoms with Crippen molar-refractivity contribution in [3.05, 3.63) is 35.9 Å². The quantitative estimate of drug-likeness (QED) is 0.915. The Bertz CT molecular complexity index is 385. The van der Waals surface area contributed by atoms with E-state index in [9.17, 15) is 18.3 Å². The molecule has 5 heteroatoms. The molecule has 1 saturated heterocycles. The molecule has 0 amide bonds. The standard InChI is InChI=1S/C14H18F3NO/c15-14(16,17)13(19)12-6-8-18(9-7-12)10-11-4-2-1-3-5-11/h1-5,12-13,19H,6-10H2/t13-/m1/s1. The highest BCUT2D eigenvalue weighted by atomic mass is 19.4. The molecule has 1 heterocycles. The van der Waals surface area contributed by atoms with E-state index in [0.717, 1.165) is 12.1 Å². The molecule has 1 aliphatic heterocycles. The third-order valence-electron chi connectivity index (χ3n) is 3.66. The fourth-order valence-electron chi connectivity index (χ4n) is 2.54. The molecule has 0 bridgehead atoms. The van der Waals surface area contributed by atoms with Gasteiger partial charge in [0.05, 0.1) is 0 Å². The summed E-state index contributed by atoms with van der Waals surface area (Å²) in [4.78, 5) is 2.13. The van der Waals surface area contributed by atoms with E-state index in [1.54, 1.807) is 0 Å². The van der Waals surface area contributed by atoms with Crippen molar-refractivity contribution in [2.24, 2.45) is 5.92 Å². The second-order valence-electron chi connectivity index (χ2n) is 5.09. The van der Waals surface area contributed by atoms with E-state index in [4.69, 9.17) is 0 Å². The number of halogens is 3. The van der Waals surface area contributed by atoms with Crippen molar-refractivity contribution in [1.82, 2.24) is 4.90 Å². The average Bonchev–Trinajstić information content (AvgIpc) is 2.39. The topological polar surface area (TPSA) is 23.5 Å². The molecule has 1 aliphatic rings. The van der Waals surface area contributed by atoms with E-state index in [1.165, 1.54) is 0 Å². The van der Waals surface area contributed by atoms with E-state index in [0.29, 0.717) is 25.9 Å². The molecule has 1 fully saturated rings. The summed E-state index contributed by atoms with van der Waals surface area (Å²) in [7, 11) is 0. The normalized spacial score (nSPS) is 20.4. The monoisotopic (exact) mass is 273 g/mol. The molecule has 2 rings (SSSR count). The lowest BCUT2D eigenvalue weighted by Crippen LogP contribution is -2.43. The summed E-state index contributed by atoms with van der Waals surface area (Å²) >= 11 is 0. The first-order valence-electron chi connectivity index (χ1n) is 6.48. The van der Waals surface area contributed by atoms with Crippen molar-refractivity contribution in [3.63, 3.8) is 0 Å². The highest BCUT2D eigenvalue weighted by Gasteiger charge is 2.44. The fourth-order valence-corrected chi connectivity index (χ4v) is 2.54. The van der Waals surface area contributed by atoms with Gasteiger partial charge in [-0.25, -0.2) is 0 Å². The van der Waals surface area contributed by atoms with Gasteiger partial charge in [-0.05, 0) is 37.4 Å². The van der Waals surface area contributed by atoms with Crippen molar-refractivity contribution in [3.8, 4) is 0 Å². The summed E-state index contributed by atoms with van der Waals surface area (Å²) < 4.78 is 37.2. The Kier molecular flexibility index (Phi) is 4.47. The maximum Gasteiger partial charge on any atom is 0.414 e. The van der Waals surface area contributed by atoms with E-state index < -0.39 is 18.2 Å². The van der Waals surface area contributed by atoms with E-state index in [2.05, 4.69) is 4.90 Å². The summed E-state index contributed by atoms with van der Waals surface area (Å²) in [5, 5.41) is 9.24. The van der Waals surface area contributed by atoms with Crippen molar-refractivity contribution in [2.75, 3.05) is 13.1 Å². The summed E-state index contributed by atoms with van der Waals surface area (Å²) in [5.74, 6) is -0.660. The van der Waals surface area contributed by atoms with Gasteiger partial charge < -0.3 is 5.11 Å². The molecule has 1 atom stereocenters. The van der Waals surface area contributed by atoms with Gasteiger partial charge in [-0.15, -0.1) is 0 Å². The second kappa shape index (κ2) is 5.92. The second-order valence-corrected chi connectivity index (χ2v) is 5.09. The van der Waals surface area contributed by atoms with Crippen LogP contribution in [0.3, 0.4) is 0 Å². The van der Waals surface area contributed by atoms with Crippen LogP contribution >= 0.6 is 0 Å². The van der Waals surface area contributed by atoms with Crippen LogP contribution in [0.5, 0.6) is 0 Å². The number of alkyl halides is 3. The van der Waals surface area contributed by atoms with Gasteiger partial charge >= 0.3 is 6.18 Å². The molecule has 1 aromatic carbocycles. The van der Waals surface area contributed by atoms with Crippen LogP contribution in [0.25, 0.3) is 0 Å². The van der Waals surface area contributed by atoms with Gasteiger partial charge in [0.2, 0.25) is 0 Å². The Hall–Kier alpha value is -1.07. The molecule has 0 aliphatic carbocycles. The zero-order valence-electron chi connectivity index (χ0n) is 10.6. The first-order chi connectivity index (χ1) is 8.97. The Morgan fingerprint density at radius 1 is 1.16 bits per heavy atom. The first kappa shape index (κ1) is 14.3. The minimum absolute atomic E-state index is 0.396. The molecular weight excluding hydrogens is 255 g/mol. The number of hydrogen-bond acceptors (Lipinski definition) is 2. The average molecular weight is 273 g/mol. The summed E-state index contributed by atoms with van der Waals surface area (Å²) in [6.45, 7) is 1.97. The van der Waals surface area contributed by atoms with E-state index in [-0.39, 0.29) is 0 Å². The molecule has 19 heavy (non-hydrogen) atoms. The predicted molar refractivity (Wildman–Crippen MR) is 66.5 cm³/mol. The lowest BCUT2D eigenvalue weighted by molar-refractivity contribution is -0.223. The molecule has 106 valence electrons. The largest absolute Gasteiger partial charge is 0.414 e. The minimum atomic E-state index is -4.49. The Morgan fingerprint density at radius 3 is 2.26 bits per heavy atom. The number of hydrogen-bond donors (Lipinski definition) is 1. The lowest BCUT2D eigenvalue weighted by atomic mass is 9.90. The van der Waals surface area contributed by atoms with E-state index in [1.807, 2.05) is 30.3 Å². The lowest BCUT2D eigenvalue weighted by Gasteiger charge is -2.34. The number of aliphatic hydroxyl groups excluding tert-OH is 1. The maximum atomic E-state index is 12.4. The molecule has 0 radical (unpaired) electrons. The molecule has 1 N–H and O–H groups in total. The zero-order valence-corrected chi connectivity index (χ0v) is 10.6.